The van der Waals surface area contributed by atoms with Gasteiger partial charge in [-0.1, -0.05) is 24.3 Å². The fourth-order valence-corrected chi connectivity index (χ4v) is 3.97. The highest BCUT2D eigenvalue weighted by Crippen LogP contribution is 2.32. The lowest BCUT2D eigenvalue weighted by Crippen LogP contribution is -2.28. The van der Waals surface area contributed by atoms with Crippen LogP contribution in [0, 0.1) is 19.8 Å². The topological polar surface area (TPSA) is 69.7 Å². The molecule has 2 aromatic rings. The number of nitrogens with one attached hydrogen (secondary N) is 1. The van der Waals surface area contributed by atoms with Crippen molar-refractivity contribution in [2.45, 2.75) is 25.2 Å². The Morgan fingerprint density at radius 1 is 1.10 bits per heavy atom. The van der Waals surface area contributed by atoms with Gasteiger partial charge < -0.3 is 15.1 Å². The molecule has 1 aliphatic heterocycles. The van der Waals surface area contributed by atoms with Crippen LogP contribution in [0.5, 0.6) is 0 Å². The standard InChI is InChI=1S/C22H25N3O3S/c1-14-8-7-10-18(15(14)2)25-13-16(12-20(25)26)21(27)23-17-9-5-6-11-19(17)29-22(28)24(3)4/h5-11,16H,12-13H2,1-4H3,(H,23,27). The molecule has 1 atom stereocenters. The molecule has 0 aromatic heterocycles. The second-order valence-electron chi connectivity index (χ2n) is 7.37. The molecule has 0 saturated carbocycles. The van der Waals surface area contributed by atoms with Gasteiger partial charge in [0.1, 0.15) is 0 Å². The molecule has 152 valence electrons. The lowest BCUT2D eigenvalue weighted by Gasteiger charge is -2.20. The summed E-state index contributed by atoms with van der Waals surface area (Å²) in [6.45, 7) is 4.34. The van der Waals surface area contributed by atoms with Gasteiger partial charge in [-0.3, -0.25) is 14.4 Å². The van der Waals surface area contributed by atoms with Gasteiger partial charge in [0, 0.05) is 37.6 Å². The van der Waals surface area contributed by atoms with Gasteiger partial charge in [0.15, 0.2) is 0 Å². The molecule has 0 bridgehead atoms. The van der Waals surface area contributed by atoms with E-state index >= 15 is 0 Å². The number of benzene rings is 2. The van der Waals surface area contributed by atoms with Crippen molar-refractivity contribution in [1.29, 1.82) is 0 Å². The average molecular weight is 412 g/mol. The van der Waals surface area contributed by atoms with Crippen LogP contribution in [0.2, 0.25) is 0 Å². The number of aryl methyl sites for hydroxylation is 1. The van der Waals surface area contributed by atoms with Crippen molar-refractivity contribution in [3.05, 3.63) is 53.6 Å². The van der Waals surface area contributed by atoms with E-state index in [0.717, 1.165) is 28.6 Å². The van der Waals surface area contributed by atoms with Gasteiger partial charge in [-0.05, 0) is 54.9 Å². The van der Waals surface area contributed by atoms with Crippen LogP contribution in [0.15, 0.2) is 47.4 Å². The minimum atomic E-state index is -0.440. The predicted octanol–water partition coefficient (Wildman–Crippen LogP) is 4.07. The molecule has 3 amide bonds. The highest BCUT2D eigenvalue weighted by Gasteiger charge is 2.36. The van der Waals surface area contributed by atoms with Gasteiger partial charge >= 0.3 is 0 Å². The highest BCUT2D eigenvalue weighted by atomic mass is 32.2. The van der Waals surface area contributed by atoms with Crippen LogP contribution in [-0.4, -0.2) is 42.6 Å². The fourth-order valence-electron chi connectivity index (χ4n) is 3.22. The number of amides is 3. The molecule has 3 rings (SSSR count). The molecule has 1 unspecified atom stereocenters. The van der Waals surface area contributed by atoms with Crippen LogP contribution < -0.4 is 10.2 Å². The maximum absolute atomic E-state index is 12.9. The van der Waals surface area contributed by atoms with E-state index in [1.807, 2.05) is 44.2 Å². The molecule has 29 heavy (non-hydrogen) atoms. The first kappa shape index (κ1) is 20.9. The molecule has 1 heterocycles. The number of hydrogen-bond donors (Lipinski definition) is 1. The summed E-state index contributed by atoms with van der Waals surface area (Å²) in [6.07, 6.45) is 0.172. The molecular weight excluding hydrogens is 386 g/mol. The maximum Gasteiger partial charge on any atom is 0.286 e. The van der Waals surface area contributed by atoms with Gasteiger partial charge in [-0.15, -0.1) is 0 Å². The quantitative estimate of drug-likeness (QED) is 0.770. The summed E-state index contributed by atoms with van der Waals surface area (Å²) < 4.78 is 0. The van der Waals surface area contributed by atoms with Crippen LogP contribution >= 0.6 is 11.8 Å². The smallest absolute Gasteiger partial charge is 0.286 e. The third kappa shape index (κ3) is 4.62. The van der Waals surface area contributed by atoms with Crippen LogP contribution in [-0.2, 0) is 9.59 Å². The Hall–Kier alpha value is -2.80. The van der Waals surface area contributed by atoms with Crippen LogP contribution in [0.4, 0.5) is 16.2 Å². The van der Waals surface area contributed by atoms with Crippen molar-refractivity contribution in [2.75, 3.05) is 30.9 Å². The summed E-state index contributed by atoms with van der Waals surface area (Å²) in [4.78, 5) is 41.3. The van der Waals surface area contributed by atoms with Crippen molar-refractivity contribution >= 4 is 40.2 Å². The third-order valence-corrected chi connectivity index (χ3v) is 6.19. The van der Waals surface area contributed by atoms with Gasteiger partial charge in [0.25, 0.3) is 5.24 Å². The van der Waals surface area contributed by atoms with Crippen LogP contribution in [0.25, 0.3) is 0 Å². The number of anilines is 2. The van der Waals surface area contributed by atoms with Gasteiger partial charge in [-0.2, -0.15) is 0 Å². The lowest BCUT2D eigenvalue weighted by molar-refractivity contribution is -0.122. The monoisotopic (exact) mass is 411 g/mol. The Balaban J connectivity index is 1.74. The van der Waals surface area contributed by atoms with Crippen molar-refractivity contribution in [3.8, 4) is 0 Å². The second kappa shape index (κ2) is 8.69. The number of para-hydroxylation sites is 1. The average Bonchev–Trinajstić information content (AvgIpc) is 3.07. The Kier molecular flexibility index (Phi) is 6.27. The number of carbonyl (C=O) groups excluding carboxylic acids is 3. The molecule has 0 aliphatic carbocycles. The normalized spacial score (nSPS) is 16.1. The number of hydrogen-bond acceptors (Lipinski definition) is 4. The zero-order valence-electron chi connectivity index (χ0n) is 17.1. The zero-order chi connectivity index (χ0) is 21.1. The molecule has 1 aliphatic rings. The molecule has 1 saturated heterocycles. The lowest BCUT2D eigenvalue weighted by atomic mass is 10.1. The molecule has 1 fully saturated rings. The van der Waals surface area contributed by atoms with Gasteiger partial charge in [0.2, 0.25) is 11.8 Å². The molecule has 2 aromatic carbocycles. The van der Waals surface area contributed by atoms with E-state index in [9.17, 15) is 14.4 Å². The highest BCUT2D eigenvalue weighted by molar-refractivity contribution is 8.13. The van der Waals surface area contributed by atoms with Gasteiger partial charge in [-0.25, -0.2) is 0 Å². The number of thioether (sulfide) groups is 1. The van der Waals surface area contributed by atoms with E-state index in [0.29, 0.717) is 17.1 Å². The summed E-state index contributed by atoms with van der Waals surface area (Å²) >= 11 is 1.06. The van der Waals surface area contributed by atoms with Crippen molar-refractivity contribution in [3.63, 3.8) is 0 Å². The molecule has 1 N–H and O–H groups in total. The zero-order valence-corrected chi connectivity index (χ0v) is 17.9. The van der Waals surface area contributed by atoms with Crippen molar-refractivity contribution in [2.24, 2.45) is 5.92 Å². The first-order valence-electron chi connectivity index (χ1n) is 9.43. The van der Waals surface area contributed by atoms with Crippen molar-refractivity contribution < 1.29 is 14.4 Å². The Morgan fingerprint density at radius 3 is 2.55 bits per heavy atom. The Labute approximate surface area is 175 Å². The first-order chi connectivity index (χ1) is 13.8. The SMILES string of the molecule is Cc1cccc(N2CC(C(=O)Nc3ccccc3SC(=O)N(C)C)CC2=O)c1C. The van der Waals surface area contributed by atoms with E-state index in [2.05, 4.69) is 5.32 Å². The number of nitrogens with zero attached hydrogens (tertiary/aromatic N) is 2. The second-order valence-corrected chi connectivity index (χ2v) is 8.37. The summed E-state index contributed by atoms with van der Waals surface area (Å²) in [5.74, 6) is -0.703. The third-order valence-electron chi connectivity index (χ3n) is 5.07. The van der Waals surface area contributed by atoms with E-state index in [1.165, 1.54) is 4.90 Å². The number of rotatable bonds is 4. The largest absolute Gasteiger partial charge is 0.339 e. The van der Waals surface area contributed by atoms with E-state index in [1.54, 1.807) is 31.1 Å². The molecular formula is C22H25N3O3S. The maximum atomic E-state index is 12.9. The van der Waals surface area contributed by atoms with Crippen molar-refractivity contribution in [1.82, 2.24) is 4.90 Å². The van der Waals surface area contributed by atoms with E-state index < -0.39 is 5.92 Å². The fraction of sp³-hybridized carbons (Fsp3) is 0.318. The summed E-state index contributed by atoms with van der Waals surface area (Å²) in [6, 6.07) is 13.0. The summed E-state index contributed by atoms with van der Waals surface area (Å²) in [5.41, 5.74) is 3.60. The Morgan fingerprint density at radius 2 is 1.83 bits per heavy atom. The summed E-state index contributed by atoms with van der Waals surface area (Å²) in [7, 11) is 3.37. The summed E-state index contributed by atoms with van der Waals surface area (Å²) in [5, 5.41) is 2.78. The van der Waals surface area contributed by atoms with Crippen LogP contribution in [0.1, 0.15) is 17.5 Å². The predicted molar refractivity (Wildman–Crippen MR) is 116 cm³/mol. The van der Waals surface area contributed by atoms with Crippen LogP contribution in [0.3, 0.4) is 0 Å². The van der Waals surface area contributed by atoms with E-state index in [4.69, 9.17) is 0 Å². The minimum Gasteiger partial charge on any atom is -0.339 e. The first-order valence-corrected chi connectivity index (χ1v) is 10.2. The van der Waals surface area contributed by atoms with E-state index in [-0.39, 0.29) is 23.5 Å². The minimum absolute atomic E-state index is 0.0516. The number of carbonyl (C=O) groups is 3. The molecule has 0 radical (unpaired) electrons. The molecule has 7 heteroatoms. The molecule has 0 spiro atoms. The molecule has 6 nitrogen and oxygen atoms in total. The van der Waals surface area contributed by atoms with Gasteiger partial charge in [0.05, 0.1) is 11.6 Å². The Bertz CT molecular complexity index is 958.